The molecular weight excluding hydrogens is 305 g/mol. The minimum atomic E-state index is -0.171. The Labute approximate surface area is 113 Å². The fourth-order valence-corrected chi connectivity index (χ4v) is 2.56. The monoisotopic (exact) mass is 317 g/mol. The lowest BCUT2D eigenvalue weighted by molar-refractivity contribution is 0.529. The fourth-order valence-electron chi connectivity index (χ4n) is 1.79. The van der Waals surface area contributed by atoms with Crippen molar-refractivity contribution >= 4 is 27.5 Å². The zero-order chi connectivity index (χ0) is 12.6. The van der Waals surface area contributed by atoms with E-state index in [1.807, 2.05) is 20.0 Å². The summed E-state index contributed by atoms with van der Waals surface area (Å²) in [7, 11) is 1.87. The highest BCUT2D eigenvalue weighted by molar-refractivity contribution is 9.10. The van der Waals surface area contributed by atoms with E-state index in [1.165, 1.54) is 0 Å². The van der Waals surface area contributed by atoms with E-state index in [0.29, 0.717) is 16.1 Å². The molecule has 0 spiro atoms. The first kappa shape index (κ1) is 12.7. The van der Waals surface area contributed by atoms with Gasteiger partial charge < -0.3 is 10.2 Å². The number of nitrogens with zero attached hydrogens (tertiary/aromatic N) is 2. The molecule has 4 nitrogen and oxygen atoms in total. The summed E-state index contributed by atoms with van der Waals surface area (Å²) in [5, 5.41) is 4.94. The van der Waals surface area contributed by atoms with Crippen molar-refractivity contribution in [3.63, 3.8) is 0 Å². The van der Waals surface area contributed by atoms with Crippen LogP contribution in [0.25, 0.3) is 0 Å². The Balaban J connectivity index is 2.24. The number of rotatable bonds is 3. The molecule has 0 aliphatic heterocycles. The lowest BCUT2D eigenvalue weighted by Crippen LogP contribution is -2.15. The van der Waals surface area contributed by atoms with Crippen LogP contribution in [0.2, 0.25) is 5.02 Å². The first-order chi connectivity index (χ1) is 8.00. The molecule has 0 amide bonds. The van der Waals surface area contributed by atoms with Crippen molar-refractivity contribution < 1.29 is 4.42 Å². The molecular formula is C11H13BrClN3O. The quantitative estimate of drug-likeness (QED) is 0.946. The van der Waals surface area contributed by atoms with E-state index in [9.17, 15) is 0 Å². The Morgan fingerprint density at radius 1 is 1.65 bits per heavy atom. The van der Waals surface area contributed by atoms with Gasteiger partial charge in [-0.2, -0.15) is 5.10 Å². The van der Waals surface area contributed by atoms with E-state index in [1.54, 1.807) is 10.9 Å². The number of aromatic nitrogens is 2. The van der Waals surface area contributed by atoms with E-state index in [4.69, 9.17) is 21.8 Å². The van der Waals surface area contributed by atoms with Crippen molar-refractivity contribution in [1.82, 2.24) is 9.78 Å². The van der Waals surface area contributed by atoms with E-state index >= 15 is 0 Å². The maximum absolute atomic E-state index is 6.19. The van der Waals surface area contributed by atoms with Crippen LogP contribution >= 0.6 is 27.5 Å². The molecule has 0 aromatic carbocycles. The summed E-state index contributed by atoms with van der Waals surface area (Å²) in [6.45, 7) is 1.88. The zero-order valence-corrected chi connectivity index (χ0v) is 11.9. The number of aryl methyl sites for hydroxylation is 2. The van der Waals surface area contributed by atoms with Gasteiger partial charge in [-0.1, -0.05) is 11.6 Å². The molecule has 2 aromatic rings. The van der Waals surface area contributed by atoms with Crippen molar-refractivity contribution in [1.29, 1.82) is 0 Å². The predicted octanol–water partition coefficient (Wildman–Crippen LogP) is 2.98. The lowest BCUT2D eigenvalue weighted by atomic mass is 10.1. The standard InChI is InChI=1S/C11H13BrClN3O/c1-6-10(13)9(16(2)15-6)5-8(14)7-3-4-17-11(7)12/h3-4,8H,5,14H2,1-2H3. The highest BCUT2D eigenvalue weighted by atomic mass is 79.9. The van der Waals surface area contributed by atoms with Gasteiger partial charge in [-0.3, -0.25) is 4.68 Å². The second kappa shape index (κ2) is 4.84. The van der Waals surface area contributed by atoms with Gasteiger partial charge in [0.2, 0.25) is 0 Å². The van der Waals surface area contributed by atoms with Gasteiger partial charge in [-0.25, -0.2) is 0 Å². The minimum absolute atomic E-state index is 0.171. The van der Waals surface area contributed by atoms with E-state index in [0.717, 1.165) is 17.0 Å². The van der Waals surface area contributed by atoms with Gasteiger partial charge in [0.25, 0.3) is 0 Å². The van der Waals surface area contributed by atoms with Gasteiger partial charge in [-0.15, -0.1) is 0 Å². The third-order valence-corrected chi connectivity index (χ3v) is 3.86. The van der Waals surface area contributed by atoms with Crippen LogP contribution in [0.5, 0.6) is 0 Å². The van der Waals surface area contributed by atoms with Crippen molar-refractivity contribution in [2.75, 3.05) is 0 Å². The molecule has 92 valence electrons. The maximum atomic E-state index is 6.19. The number of halogens is 2. The first-order valence-electron chi connectivity index (χ1n) is 5.17. The second-order valence-corrected chi connectivity index (χ2v) is 5.03. The topological polar surface area (TPSA) is 57.0 Å². The smallest absolute Gasteiger partial charge is 0.173 e. The van der Waals surface area contributed by atoms with Gasteiger partial charge in [0.15, 0.2) is 4.67 Å². The van der Waals surface area contributed by atoms with Gasteiger partial charge in [0.05, 0.1) is 22.7 Å². The van der Waals surface area contributed by atoms with Crippen molar-refractivity contribution in [3.05, 3.63) is 39.0 Å². The van der Waals surface area contributed by atoms with Crippen LogP contribution in [0, 0.1) is 6.92 Å². The zero-order valence-electron chi connectivity index (χ0n) is 9.58. The van der Waals surface area contributed by atoms with Crippen LogP contribution in [0.4, 0.5) is 0 Å². The molecule has 17 heavy (non-hydrogen) atoms. The minimum Gasteiger partial charge on any atom is -0.457 e. The molecule has 2 heterocycles. The van der Waals surface area contributed by atoms with Crippen molar-refractivity contribution in [3.8, 4) is 0 Å². The average Bonchev–Trinajstić information content (AvgIpc) is 2.78. The van der Waals surface area contributed by atoms with Gasteiger partial charge in [0.1, 0.15) is 0 Å². The number of nitrogens with two attached hydrogens (primary N) is 1. The van der Waals surface area contributed by atoms with E-state index < -0.39 is 0 Å². The molecule has 6 heteroatoms. The third kappa shape index (κ3) is 2.41. The number of furan rings is 1. The Kier molecular flexibility index (Phi) is 3.61. The van der Waals surface area contributed by atoms with E-state index in [2.05, 4.69) is 21.0 Å². The summed E-state index contributed by atoms with van der Waals surface area (Å²) >= 11 is 9.51. The second-order valence-electron chi connectivity index (χ2n) is 3.93. The summed E-state index contributed by atoms with van der Waals surface area (Å²) in [4.78, 5) is 0. The first-order valence-corrected chi connectivity index (χ1v) is 6.34. The highest BCUT2D eigenvalue weighted by Crippen LogP contribution is 2.28. The van der Waals surface area contributed by atoms with Crippen LogP contribution in [0.1, 0.15) is 23.0 Å². The number of hydrogen-bond donors (Lipinski definition) is 1. The predicted molar refractivity (Wildman–Crippen MR) is 70.0 cm³/mol. The Morgan fingerprint density at radius 2 is 2.35 bits per heavy atom. The third-order valence-electron chi connectivity index (χ3n) is 2.72. The molecule has 0 aliphatic rings. The summed E-state index contributed by atoms with van der Waals surface area (Å²) in [6, 6.07) is 1.68. The van der Waals surface area contributed by atoms with Gasteiger partial charge in [0, 0.05) is 25.1 Å². The van der Waals surface area contributed by atoms with Crippen LogP contribution in [-0.4, -0.2) is 9.78 Å². The summed E-state index contributed by atoms with van der Waals surface area (Å²) in [6.07, 6.45) is 2.23. The van der Waals surface area contributed by atoms with Crippen LogP contribution in [0.3, 0.4) is 0 Å². The molecule has 0 radical (unpaired) electrons. The molecule has 1 atom stereocenters. The normalized spacial score (nSPS) is 13.0. The fraction of sp³-hybridized carbons (Fsp3) is 0.364. The highest BCUT2D eigenvalue weighted by Gasteiger charge is 2.18. The molecule has 2 N–H and O–H groups in total. The molecule has 2 rings (SSSR count). The Morgan fingerprint density at radius 3 is 2.82 bits per heavy atom. The summed E-state index contributed by atoms with van der Waals surface area (Å²) in [5.41, 5.74) is 8.82. The SMILES string of the molecule is Cc1nn(C)c(CC(N)c2ccoc2Br)c1Cl. The molecule has 0 aliphatic carbocycles. The maximum Gasteiger partial charge on any atom is 0.173 e. The van der Waals surface area contributed by atoms with Crippen molar-refractivity contribution in [2.24, 2.45) is 12.8 Å². The van der Waals surface area contributed by atoms with Crippen LogP contribution < -0.4 is 5.73 Å². The van der Waals surface area contributed by atoms with Crippen molar-refractivity contribution in [2.45, 2.75) is 19.4 Å². The molecule has 0 fully saturated rings. The molecule has 2 aromatic heterocycles. The summed E-state index contributed by atoms with van der Waals surface area (Å²) in [5.74, 6) is 0. The van der Waals surface area contributed by atoms with Gasteiger partial charge >= 0.3 is 0 Å². The molecule has 0 saturated carbocycles. The molecule has 0 saturated heterocycles. The van der Waals surface area contributed by atoms with Gasteiger partial charge in [-0.05, 0) is 28.9 Å². The average molecular weight is 319 g/mol. The largest absolute Gasteiger partial charge is 0.457 e. The van der Waals surface area contributed by atoms with Crippen LogP contribution in [-0.2, 0) is 13.5 Å². The Bertz CT molecular complexity index is 535. The van der Waals surface area contributed by atoms with E-state index in [-0.39, 0.29) is 6.04 Å². The summed E-state index contributed by atoms with van der Waals surface area (Å²) < 4.78 is 7.61. The lowest BCUT2D eigenvalue weighted by Gasteiger charge is -2.10. The Hall–Kier alpha value is -0.780. The number of hydrogen-bond acceptors (Lipinski definition) is 3. The molecule has 0 bridgehead atoms. The molecule has 1 unspecified atom stereocenters. The van der Waals surface area contributed by atoms with Crippen LogP contribution in [0.15, 0.2) is 21.4 Å².